The summed E-state index contributed by atoms with van der Waals surface area (Å²) in [5, 5.41) is 8.76. The molecule has 0 saturated carbocycles. The van der Waals surface area contributed by atoms with E-state index < -0.39 is 64.8 Å². The van der Waals surface area contributed by atoms with Gasteiger partial charge in [0.15, 0.2) is 0 Å². The van der Waals surface area contributed by atoms with Gasteiger partial charge in [0, 0.05) is 13.5 Å². The number of aliphatic carboxylic acids is 1. The van der Waals surface area contributed by atoms with Gasteiger partial charge in [0.1, 0.15) is 12.1 Å². The highest BCUT2D eigenvalue weighted by Gasteiger charge is 2.63. The molecule has 0 radical (unpaired) electrons. The molecule has 26 heavy (non-hydrogen) atoms. The average Bonchev–Trinajstić information content (AvgIpc) is 2.52. The lowest BCUT2D eigenvalue weighted by Gasteiger charge is -2.52. The number of carboxylic acids is 1. The number of β-lactam (4-membered cyclic amide) rings is 1. The zero-order valence-corrected chi connectivity index (χ0v) is 14.8. The Morgan fingerprint density at radius 2 is 1.96 bits per heavy atom. The summed E-state index contributed by atoms with van der Waals surface area (Å²) in [6.07, 6.45) is -0.790. The number of methoxy groups -OCH3 is 1. The maximum atomic E-state index is 12.5. The number of carbonyl (C=O) groups is 4. The minimum atomic E-state index is -4.89. The lowest BCUT2D eigenvalue weighted by atomic mass is 9.99. The standard InChI is InChI=1S/C12H20N4O9S/c1-6(9(14)18)16(8(17)4-3-7(13)10(19)20)12(25-2)5-15(11(12)21)26(22,23)24/h6-7H,3-5,13H2,1-2H3,(H2,14,18)(H,19,20)(H,22,23,24)/t6-,7+,12+/m0/s1. The van der Waals surface area contributed by atoms with Crippen LogP contribution in [0.25, 0.3) is 0 Å². The van der Waals surface area contributed by atoms with Crippen molar-refractivity contribution in [2.24, 2.45) is 11.5 Å². The van der Waals surface area contributed by atoms with E-state index in [0.29, 0.717) is 4.90 Å². The second kappa shape index (κ2) is 7.53. The number of amides is 3. The summed E-state index contributed by atoms with van der Waals surface area (Å²) in [5.74, 6) is -4.58. The first-order valence-electron chi connectivity index (χ1n) is 7.24. The van der Waals surface area contributed by atoms with E-state index in [1.54, 1.807) is 0 Å². The number of carboxylic acid groups (broad SMARTS) is 1. The van der Waals surface area contributed by atoms with E-state index in [2.05, 4.69) is 0 Å². The molecule has 148 valence electrons. The molecular weight excluding hydrogens is 376 g/mol. The molecular formula is C12H20N4O9S. The lowest BCUT2D eigenvalue weighted by Crippen LogP contribution is -2.78. The van der Waals surface area contributed by atoms with Crippen LogP contribution >= 0.6 is 0 Å². The maximum absolute atomic E-state index is 12.5. The van der Waals surface area contributed by atoms with Crippen molar-refractivity contribution in [3.63, 3.8) is 0 Å². The van der Waals surface area contributed by atoms with Gasteiger partial charge in [-0.05, 0) is 13.3 Å². The number of carbonyl (C=O) groups excluding carboxylic acids is 3. The van der Waals surface area contributed by atoms with Crippen LogP contribution in [0.4, 0.5) is 0 Å². The first-order chi connectivity index (χ1) is 11.8. The van der Waals surface area contributed by atoms with Crippen LogP contribution in [-0.4, -0.2) is 82.4 Å². The van der Waals surface area contributed by atoms with Crippen molar-refractivity contribution in [1.82, 2.24) is 9.21 Å². The molecule has 0 unspecified atom stereocenters. The quantitative estimate of drug-likeness (QED) is 0.175. The summed E-state index contributed by atoms with van der Waals surface area (Å²) in [7, 11) is -3.89. The summed E-state index contributed by atoms with van der Waals surface area (Å²) in [6.45, 7) is 0.414. The molecule has 1 aliphatic rings. The van der Waals surface area contributed by atoms with Crippen molar-refractivity contribution in [2.45, 2.75) is 37.6 Å². The monoisotopic (exact) mass is 396 g/mol. The molecule has 1 aliphatic heterocycles. The second-order valence-corrected chi connectivity index (χ2v) is 6.94. The van der Waals surface area contributed by atoms with E-state index in [1.165, 1.54) is 6.92 Å². The number of primary amides is 1. The zero-order chi connectivity index (χ0) is 20.4. The predicted octanol–water partition coefficient (Wildman–Crippen LogP) is -3.13. The van der Waals surface area contributed by atoms with Crippen LogP contribution < -0.4 is 11.5 Å². The van der Waals surface area contributed by atoms with Gasteiger partial charge in [-0.2, -0.15) is 8.42 Å². The SMILES string of the molecule is CO[C@]1(N(C(=O)CC[C@@H](N)C(=O)O)[C@@H](C)C(N)=O)CN(S(=O)(=O)O)C1=O. The molecule has 13 nitrogen and oxygen atoms in total. The number of nitrogens with two attached hydrogens (primary N) is 2. The van der Waals surface area contributed by atoms with Crippen LogP contribution in [0.5, 0.6) is 0 Å². The highest BCUT2D eigenvalue weighted by atomic mass is 32.2. The molecule has 14 heteroatoms. The summed E-state index contributed by atoms with van der Waals surface area (Å²) < 4.78 is 36.3. The average molecular weight is 396 g/mol. The molecule has 0 aromatic carbocycles. The second-order valence-electron chi connectivity index (χ2n) is 5.60. The predicted molar refractivity (Wildman–Crippen MR) is 83.3 cm³/mol. The minimum Gasteiger partial charge on any atom is -0.480 e. The molecule has 6 N–H and O–H groups in total. The van der Waals surface area contributed by atoms with Crippen LogP contribution in [0, 0.1) is 0 Å². The van der Waals surface area contributed by atoms with Gasteiger partial charge in [0.2, 0.25) is 17.5 Å². The molecule has 1 heterocycles. The molecule has 0 spiro atoms. The van der Waals surface area contributed by atoms with Crippen LogP contribution in [0.2, 0.25) is 0 Å². The van der Waals surface area contributed by atoms with E-state index in [9.17, 15) is 27.6 Å². The van der Waals surface area contributed by atoms with Gasteiger partial charge in [-0.15, -0.1) is 0 Å². The normalized spacial score (nSPS) is 22.3. The number of hydrogen-bond donors (Lipinski definition) is 4. The number of rotatable bonds is 9. The Labute approximate surface area is 148 Å². The van der Waals surface area contributed by atoms with E-state index in [1.807, 2.05) is 0 Å². The van der Waals surface area contributed by atoms with Gasteiger partial charge >= 0.3 is 16.3 Å². The van der Waals surface area contributed by atoms with E-state index in [-0.39, 0.29) is 10.7 Å². The number of hydrogen-bond acceptors (Lipinski definition) is 8. The molecule has 0 aromatic rings. The highest BCUT2D eigenvalue weighted by molar-refractivity contribution is 7.84. The Balaban J connectivity index is 3.17. The Kier molecular flexibility index (Phi) is 6.30. The Bertz CT molecular complexity index is 724. The summed E-state index contributed by atoms with van der Waals surface area (Å²) in [4.78, 5) is 47.7. The molecule has 0 aliphatic carbocycles. The van der Waals surface area contributed by atoms with E-state index in [4.69, 9.17) is 25.9 Å². The maximum Gasteiger partial charge on any atom is 0.362 e. The molecule has 3 atom stereocenters. The van der Waals surface area contributed by atoms with Crippen LogP contribution in [0.3, 0.4) is 0 Å². The largest absolute Gasteiger partial charge is 0.480 e. The van der Waals surface area contributed by atoms with Crippen LogP contribution in [-0.2, 0) is 34.2 Å². The third-order valence-corrected chi connectivity index (χ3v) is 4.83. The summed E-state index contributed by atoms with van der Waals surface area (Å²) in [6, 6.07) is -2.76. The molecule has 1 fully saturated rings. The Morgan fingerprint density at radius 3 is 2.31 bits per heavy atom. The van der Waals surface area contributed by atoms with Crippen LogP contribution in [0.15, 0.2) is 0 Å². The fourth-order valence-corrected chi connectivity index (χ4v) is 3.12. The zero-order valence-electron chi connectivity index (χ0n) is 14.0. The van der Waals surface area contributed by atoms with Crippen molar-refractivity contribution >= 4 is 34.0 Å². The lowest BCUT2D eigenvalue weighted by molar-refractivity contribution is -0.215. The summed E-state index contributed by atoms with van der Waals surface area (Å²) in [5.41, 5.74) is 8.30. The van der Waals surface area contributed by atoms with Crippen LogP contribution in [0.1, 0.15) is 19.8 Å². The molecule has 1 saturated heterocycles. The summed E-state index contributed by atoms with van der Waals surface area (Å²) >= 11 is 0. The van der Waals surface area contributed by atoms with E-state index in [0.717, 1.165) is 7.11 Å². The molecule has 0 aromatic heterocycles. The first-order valence-corrected chi connectivity index (χ1v) is 8.64. The van der Waals surface area contributed by atoms with Crippen molar-refractivity contribution in [3.05, 3.63) is 0 Å². The fraction of sp³-hybridized carbons (Fsp3) is 0.667. The van der Waals surface area contributed by atoms with Gasteiger partial charge in [0.05, 0.1) is 6.54 Å². The highest BCUT2D eigenvalue weighted by Crippen LogP contribution is 2.34. The third-order valence-electron chi connectivity index (χ3n) is 3.98. The van der Waals surface area contributed by atoms with Gasteiger partial charge < -0.3 is 21.3 Å². The molecule has 0 bridgehead atoms. The van der Waals surface area contributed by atoms with Crippen molar-refractivity contribution < 1.29 is 42.0 Å². The van der Waals surface area contributed by atoms with Crippen molar-refractivity contribution in [1.29, 1.82) is 0 Å². The van der Waals surface area contributed by atoms with Crippen molar-refractivity contribution in [3.8, 4) is 0 Å². The number of ether oxygens (including phenoxy) is 1. The van der Waals surface area contributed by atoms with Gasteiger partial charge in [-0.1, -0.05) is 0 Å². The van der Waals surface area contributed by atoms with E-state index >= 15 is 0 Å². The molecule has 1 rings (SSSR count). The van der Waals surface area contributed by atoms with Gasteiger partial charge in [0.25, 0.3) is 5.91 Å². The minimum absolute atomic E-state index is 0.0491. The number of nitrogens with zero attached hydrogens (tertiary/aromatic N) is 2. The Hall–Kier alpha value is -2.29. The molecule has 3 amide bonds. The smallest absolute Gasteiger partial charge is 0.362 e. The first kappa shape index (κ1) is 21.8. The van der Waals surface area contributed by atoms with Gasteiger partial charge in [-0.25, -0.2) is 4.31 Å². The van der Waals surface area contributed by atoms with Crippen molar-refractivity contribution in [2.75, 3.05) is 13.7 Å². The van der Waals surface area contributed by atoms with Gasteiger partial charge in [-0.3, -0.25) is 28.6 Å². The fourth-order valence-electron chi connectivity index (χ4n) is 2.43. The topological polar surface area (TPSA) is 211 Å². The Morgan fingerprint density at radius 1 is 1.42 bits per heavy atom. The third kappa shape index (κ3) is 3.92.